The molecule has 2 aromatic carbocycles. The molecule has 1 heterocycles. The zero-order valence-corrected chi connectivity index (χ0v) is 24.9. The molecule has 0 spiro atoms. The lowest BCUT2D eigenvalue weighted by molar-refractivity contribution is -0.148. The number of rotatable bonds is 14. The quantitative estimate of drug-likeness (QED) is 0.258. The van der Waals surface area contributed by atoms with E-state index in [0.717, 1.165) is 12.0 Å². The van der Waals surface area contributed by atoms with E-state index >= 15 is 0 Å². The molecule has 1 atom stereocenters. The van der Waals surface area contributed by atoms with E-state index in [1.54, 1.807) is 30.3 Å². The van der Waals surface area contributed by atoms with Crippen molar-refractivity contribution in [2.75, 3.05) is 48.7 Å². The Bertz CT molecular complexity index is 1280. The number of nitrogens with one attached hydrogen (secondary N) is 3. The van der Waals surface area contributed by atoms with Crippen molar-refractivity contribution < 1.29 is 33.8 Å². The zero-order valence-electron chi connectivity index (χ0n) is 24.9. The summed E-state index contributed by atoms with van der Waals surface area (Å²) in [5.74, 6) is -2.12. The van der Waals surface area contributed by atoms with Gasteiger partial charge >= 0.3 is 12.0 Å². The molecule has 2 aromatic rings. The maximum absolute atomic E-state index is 13.3. The van der Waals surface area contributed by atoms with Crippen LogP contribution >= 0.6 is 0 Å². The lowest BCUT2D eigenvalue weighted by Crippen LogP contribution is -2.48. The van der Waals surface area contributed by atoms with E-state index in [1.807, 2.05) is 39.0 Å². The summed E-state index contributed by atoms with van der Waals surface area (Å²) in [6.45, 7) is 5.91. The summed E-state index contributed by atoms with van der Waals surface area (Å²) in [7, 11) is 0. The number of hydrogen-bond donors (Lipinski definition) is 4. The van der Waals surface area contributed by atoms with Crippen LogP contribution in [0, 0.1) is 12.8 Å². The van der Waals surface area contributed by atoms with Gasteiger partial charge in [0.15, 0.2) is 0 Å². The van der Waals surface area contributed by atoms with Crippen molar-refractivity contribution in [3.05, 3.63) is 54.1 Å². The maximum Gasteiger partial charge on any atom is 0.323 e. The van der Waals surface area contributed by atoms with Gasteiger partial charge in [0, 0.05) is 36.8 Å². The highest BCUT2D eigenvalue weighted by Crippen LogP contribution is 2.18. The average Bonchev–Trinajstić information content (AvgIpc) is 3.50. The molecular weight excluding hydrogens is 554 g/mol. The average molecular weight is 596 g/mol. The standard InChI is InChI=1S/C31H41N5O7/c1-21(2)14-16-35(28(38)20-36(17-15-29(39)40)30(41)26-9-6-18-43-26)19-27(37)32-23-10-12-24(13-11-23)33-31(42)34-25-8-5-4-7-22(25)3/h4-5,7-8,10-13,21,26H,6,9,14-20H2,1-3H3,(H,32,37)(H,39,40)(H2,33,34,42). The second-order valence-corrected chi connectivity index (χ2v) is 10.9. The van der Waals surface area contributed by atoms with E-state index < -0.39 is 35.8 Å². The summed E-state index contributed by atoms with van der Waals surface area (Å²) >= 11 is 0. The number of carbonyl (C=O) groups is 5. The first-order valence-electron chi connectivity index (χ1n) is 14.4. The molecule has 232 valence electrons. The van der Waals surface area contributed by atoms with Crippen LogP contribution in [0.15, 0.2) is 48.5 Å². The number of anilines is 3. The third-order valence-corrected chi connectivity index (χ3v) is 6.92. The van der Waals surface area contributed by atoms with Crippen molar-refractivity contribution in [1.82, 2.24) is 9.80 Å². The van der Waals surface area contributed by atoms with Gasteiger partial charge in [0.25, 0.3) is 5.91 Å². The van der Waals surface area contributed by atoms with Gasteiger partial charge in [-0.05, 0) is 68.0 Å². The van der Waals surface area contributed by atoms with Crippen LogP contribution in [0.5, 0.6) is 0 Å². The predicted molar refractivity (Wildman–Crippen MR) is 163 cm³/mol. The lowest BCUT2D eigenvalue weighted by Gasteiger charge is -2.29. The van der Waals surface area contributed by atoms with Crippen molar-refractivity contribution >= 4 is 46.8 Å². The summed E-state index contributed by atoms with van der Waals surface area (Å²) in [6.07, 6.45) is 0.868. The van der Waals surface area contributed by atoms with Crippen LogP contribution in [0.4, 0.5) is 21.9 Å². The van der Waals surface area contributed by atoms with E-state index in [0.29, 0.717) is 43.1 Å². The molecule has 0 aliphatic carbocycles. The number of carboxylic acids is 1. The Kier molecular flexibility index (Phi) is 12.5. The van der Waals surface area contributed by atoms with E-state index in [-0.39, 0.29) is 32.0 Å². The molecule has 1 fully saturated rings. The number of para-hydroxylation sites is 1. The Labute approximate surface area is 251 Å². The number of benzene rings is 2. The minimum Gasteiger partial charge on any atom is -0.481 e. The summed E-state index contributed by atoms with van der Waals surface area (Å²) in [5.41, 5.74) is 2.62. The Morgan fingerprint density at radius 2 is 1.58 bits per heavy atom. The van der Waals surface area contributed by atoms with E-state index in [1.165, 1.54) is 9.80 Å². The Hall–Kier alpha value is -4.45. The SMILES string of the molecule is Cc1ccccc1NC(=O)Nc1ccc(NC(=O)CN(CCC(C)C)C(=O)CN(CCC(=O)O)C(=O)C2CCCO2)cc1. The topological polar surface area (TPSA) is 157 Å². The minimum absolute atomic E-state index is 0.132. The molecule has 1 saturated heterocycles. The van der Waals surface area contributed by atoms with Crippen LogP contribution in [0.3, 0.4) is 0 Å². The number of ether oxygens (including phenoxy) is 1. The van der Waals surface area contributed by atoms with E-state index in [4.69, 9.17) is 9.84 Å². The molecule has 12 nitrogen and oxygen atoms in total. The molecule has 1 aliphatic heterocycles. The smallest absolute Gasteiger partial charge is 0.323 e. The highest BCUT2D eigenvalue weighted by molar-refractivity contribution is 6.00. The lowest BCUT2D eigenvalue weighted by atomic mass is 10.1. The van der Waals surface area contributed by atoms with Crippen molar-refractivity contribution in [2.45, 2.75) is 52.6 Å². The number of carboxylic acid groups (broad SMARTS) is 1. The Morgan fingerprint density at radius 1 is 0.907 bits per heavy atom. The van der Waals surface area contributed by atoms with Crippen LogP contribution in [-0.4, -0.2) is 83.5 Å². The van der Waals surface area contributed by atoms with Gasteiger partial charge in [0.2, 0.25) is 11.8 Å². The second kappa shape index (κ2) is 16.3. The molecule has 4 N–H and O–H groups in total. The monoisotopic (exact) mass is 595 g/mol. The van der Waals surface area contributed by atoms with Gasteiger partial charge in [-0.25, -0.2) is 4.79 Å². The molecule has 0 aromatic heterocycles. The van der Waals surface area contributed by atoms with Crippen molar-refractivity contribution in [1.29, 1.82) is 0 Å². The van der Waals surface area contributed by atoms with Crippen LogP contribution in [0.1, 0.15) is 45.1 Å². The second-order valence-electron chi connectivity index (χ2n) is 10.9. The fourth-order valence-corrected chi connectivity index (χ4v) is 4.45. The third kappa shape index (κ3) is 11.0. The molecule has 1 unspecified atom stereocenters. The molecule has 3 rings (SSSR count). The molecule has 12 heteroatoms. The molecule has 43 heavy (non-hydrogen) atoms. The Balaban J connectivity index is 1.60. The van der Waals surface area contributed by atoms with Gasteiger partial charge in [-0.15, -0.1) is 0 Å². The van der Waals surface area contributed by atoms with Crippen molar-refractivity contribution in [3.8, 4) is 0 Å². The molecule has 5 amide bonds. The normalized spacial score (nSPS) is 14.2. The number of aryl methyl sites for hydroxylation is 1. The van der Waals surface area contributed by atoms with E-state index in [9.17, 15) is 24.0 Å². The van der Waals surface area contributed by atoms with Crippen LogP contribution in [0.2, 0.25) is 0 Å². The van der Waals surface area contributed by atoms with Gasteiger partial charge < -0.3 is 35.6 Å². The highest BCUT2D eigenvalue weighted by Gasteiger charge is 2.31. The molecular formula is C31H41N5O7. The fraction of sp³-hybridized carbons (Fsp3) is 0.452. The van der Waals surface area contributed by atoms with Gasteiger partial charge in [0.05, 0.1) is 19.5 Å². The van der Waals surface area contributed by atoms with Crippen LogP contribution < -0.4 is 16.0 Å². The number of amides is 5. The van der Waals surface area contributed by atoms with Crippen molar-refractivity contribution in [2.24, 2.45) is 5.92 Å². The van der Waals surface area contributed by atoms with Crippen LogP contribution in [0.25, 0.3) is 0 Å². The fourth-order valence-electron chi connectivity index (χ4n) is 4.45. The maximum atomic E-state index is 13.3. The summed E-state index contributed by atoms with van der Waals surface area (Å²) in [6, 6.07) is 13.6. The Morgan fingerprint density at radius 3 is 2.19 bits per heavy atom. The summed E-state index contributed by atoms with van der Waals surface area (Å²) in [4.78, 5) is 65.4. The molecule has 0 saturated carbocycles. The highest BCUT2D eigenvalue weighted by atomic mass is 16.5. The van der Waals surface area contributed by atoms with Gasteiger partial charge in [-0.3, -0.25) is 19.2 Å². The number of urea groups is 1. The molecule has 1 aliphatic rings. The number of hydrogen-bond acceptors (Lipinski definition) is 6. The number of aliphatic carboxylic acids is 1. The van der Waals surface area contributed by atoms with Crippen molar-refractivity contribution in [3.63, 3.8) is 0 Å². The molecule has 0 bridgehead atoms. The van der Waals surface area contributed by atoms with Gasteiger partial charge in [-0.1, -0.05) is 32.0 Å². The predicted octanol–water partition coefficient (Wildman–Crippen LogP) is 3.93. The minimum atomic E-state index is -1.08. The van der Waals surface area contributed by atoms with Gasteiger partial charge in [0.1, 0.15) is 6.10 Å². The zero-order chi connectivity index (χ0) is 31.4. The first kappa shape index (κ1) is 33.1. The van der Waals surface area contributed by atoms with E-state index in [2.05, 4.69) is 16.0 Å². The largest absolute Gasteiger partial charge is 0.481 e. The van der Waals surface area contributed by atoms with Gasteiger partial charge in [-0.2, -0.15) is 0 Å². The number of carbonyl (C=O) groups excluding carboxylic acids is 4. The third-order valence-electron chi connectivity index (χ3n) is 6.92. The first-order chi connectivity index (χ1) is 20.5. The van der Waals surface area contributed by atoms with Crippen LogP contribution in [-0.2, 0) is 23.9 Å². The number of nitrogens with zero attached hydrogens (tertiary/aromatic N) is 2. The summed E-state index contributed by atoms with van der Waals surface area (Å²) < 4.78 is 5.46. The first-order valence-corrected chi connectivity index (χ1v) is 14.4. The molecule has 0 radical (unpaired) electrons. The summed E-state index contributed by atoms with van der Waals surface area (Å²) in [5, 5.41) is 17.4.